The molecular weight excluding hydrogens is 588 g/mol. The van der Waals surface area contributed by atoms with Crippen LogP contribution >= 0.6 is 15.9 Å². The van der Waals surface area contributed by atoms with Crippen LogP contribution in [0.3, 0.4) is 0 Å². The molecule has 0 unspecified atom stereocenters. The summed E-state index contributed by atoms with van der Waals surface area (Å²) in [6.07, 6.45) is 5.95. The van der Waals surface area contributed by atoms with Gasteiger partial charge in [-0.15, -0.1) is 0 Å². The van der Waals surface area contributed by atoms with Gasteiger partial charge in [-0.3, -0.25) is 14.4 Å². The fraction of sp³-hybridized carbons (Fsp3) is 0.194. The van der Waals surface area contributed by atoms with Gasteiger partial charge in [-0.2, -0.15) is 0 Å². The molecule has 0 aromatic heterocycles. The third kappa shape index (κ3) is 3.85. The average molecular weight is 618 g/mol. The van der Waals surface area contributed by atoms with E-state index in [0.717, 1.165) is 34.1 Å². The summed E-state index contributed by atoms with van der Waals surface area (Å²) in [7, 11) is 0. The molecule has 3 aliphatic rings. The maximum absolute atomic E-state index is 14.8. The number of hydrogen-bond acceptors (Lipinski definition) is 4. The van der Waals surface area contributed by atoms with Crippen molar-refractivity contribution in [2.24, 2.45) is 5.92 Å². The Morgan fingerprint density at radius 2 is 1.52 bits per heavy atom. The number of benzene rings is 4. The Labute approximate surface area is 253 Å². The zero-order valence-electron chi connectivity index (χ0n) is 23.1. The van der Waals surface area contributed by atoms with Gasteiger partial charge in [0.25, 0.3) is 0 Å². The van der Waals surface area contributed by atoms with Gasteiger partial charge in [0.1, 0.15) is 11.5 Å². The molecule has 7 rings (SSSR count). The molecule has 3 heterocycles. The van der Waals surface area contributed by atoms with E-state index in [-0.39, 0.29) is 17.5 Å². The van der Waals surface area contributed by atoms with Crippen molar-refractivity contribution in [3.05, 3.63) is 135 Å². The molecule has 4 atom stereocenters. The zero-order chi connectivity index (χ0) is 29.0. The monoisotopic (exact) mass is 616 g/mol. The van der Waals surface area contributed by atoms with Gasteiger partial charge in [-0.1, -0.05) is 114 Å². The Balaban J connectivity index is 1.49. The minimum atomic E-state index is -1.45. The zero-order valence-corrected chi connectivity index (χ0v) is 24.7. The Kier molecular flexibility index (Phi) is 6.47. The van der Waals surface area contributed by atoms with E-state index in [1.807, 2.05) is 102 Å². The number of carbonyl (C=O) groups is 3. The van der Waals surface area contributed by atoms with Crippen LogP contribution in [0.5, 0.6) is 0 Å². The standard InChI is InChI=1S/C36H29BrN2O3/c1-2-7-22-12-14-24(15-13-22)32(40)31-30-21-18-23-8-3-6-11-29(23)39(30)34(33(41)25-16-19-26(37)20-17-25)36(31)27-9-4-5-10-28(27)38-35(36)42/h3-6,8-21,30-31,34H,2,7H2,1H3,(H,38,42)/t30-,31-,34+,36+/m1/s1. The highest BCUT2D eigenvalue weighted by atomic mass is 79.9. The summed E-state index contributed by atoms with van der Waals surface area (Å²) in [4.78, 5) is 46.1. The minimum Gasteiger partial charge on any atom is -0.352 e. The predicted octanol–water partition coefficient (Wildman–Crippen LogP) is 7.26. The van der Waals surface area contributed by atoms with E-state index >= 15 is 0 Å². The molecule has 0 radical (unpaired) electrons. The summed E-state index contributed by atoms with van der Waals surface area (Å²) >= 11 is 3.48. The molecule has 42 heavy (non-hydrogen) atoms. The molecule has 3 aliphatic heterocycles. The summed E-state index contributed by atoms with van der Waals surface area (Å²) in [5, 5.41) is 3.07. The first kappa shape index (κ1) is 26.6. The van der Waals surface area contributed by atoms with Gasteiger partial charge in [0.05, 0.1) is 12.0 Å². The smallest absolute Gasteiger partial charge is 0.238 e. The fourth-order valence-corrected chi connectivity index (χ4v) is 7.48. The Hall–Kier alpha value is -4.29. The highest BCUT2D eigenvalue weighted by molar-refractivity contribution is 9.10. The lowest BCUT2D eigenvalue weighted by Crippen LogP contribution is -2.55. The first-order chi connectivity index (χ1) is 20.4. The molecule has 0 aliphatic carbocycles. The second-order valence-corrected chi connectivity index (χ2v) is 12.2. The van der Waals surface area contributed by atoms with Crippen molar-refractivity contribution in [3.63, 3.8) is 0 Å². The van der Waals surface area contributed by atoms with Crippen LogP contribution in [0.4, 0.5) is 11.4 Å². The van der Waals surface area contributed by atoms with Crippen LogP contribution in [0.15, 0.2) is 108 Å². The molecule has 6 heteroatoms. The maximum atomic E-state index is 14.8. The summed E-state index contributed by atoms with van der Waals surface area (Å²) < 4.78 is 0.854. The highest BCUT2D eigenvalue weighted by Gasteiger charge is 2.70. The molecule has 1 N–H and O–H groups in total. The van der Waals surface area contributed by atoms with E-state index in [4.69, 9.17) is 0 Å². The summed E-state index contributed by atoms with van der Waals surface area (Å²) in [5.41, 5.74) is 3.85. The molecule has 0 saturated carbocycles. The van der Waals surface area contributed by atoms with Crippen LogP contribution in [-0.4, -0.2) is 29.6 Å². The number of para-hydroxylation sites is 2. The molecule has 4 aromatic rings. The molecule has 4 aromatic carbocycles. The normalized spacial score (nSPS) is 23.3. The first-order valence-corrected chi connectivity index (χ1v) is 15.1. The van der Waals surface area contributed by atoms with Gasteiger partial charge in [-0.05, 0) is 47.4 Å². The van der Waals surface area contributed by atoms with Gasteiger partial charge >= 0.3 is 0 Å². The Morgan fingerprint density at radius 3 is 2.29 bits per heavy atom. The number of nitrogens with zero attached hydrogens (tertiary/aromatic N) is 1. The first-order valence-electron chi connectivity index (χ1n) is 14.3. The quantitative estimate of drug-likeness (QED) is 0.232. The summed E-state index contributed by atoms with van der Waals surface area (Å²) in [6.45, 7) is 2.13. The molecule has 1 saturated heterocycles. The topological polar surface area (TPSA) is 66.5 Å². The number of anilines is 2. The number of rotatable bonds is 6. The van der Waals surface area contributed by atoms with E-state index in [1.54, 1.807) is 12.1 Å². The Bertz CT molecular complexity index is 1760. The molecule has 1 fully saturated rings. The summed E-state index contributed by atoms with van der Waals surface area (Å²) in [5.74, 6) is -1.50. The van der Waals surface area contributed by atoms with Crippen molar-refractivity contribution in [2.45, 2.75) is 37.3 Å². The molecule has 208 valence electrons. The Morgan fingerprint density at radius 1 is 0.857 bits per heavy atom. The number of hydrogen-bond donors (Lipinski definition) is 1. The van der Waals surface area contributed by atoms with Crippen LogP contribution < -0.4 is 10.2 Å². The van der Waals surface area contributed by atoms with Gasteiger partial charge in [0.2, 0.25) is 5.91 Å². The molecule has 1 amide bonds. The average Bonchev–Trinajstić information content (AvgIpc) is 3.49. The van der Waals surface area contributed by atoms with E-state index in [9.17, 15) is 14.4 Å². The van der Waals surface area contributed by atoms with Crippen LogP contribution in [0, 0.1) is 5.92 Å². The lowest BCUT2D eigenvalue weighted by molar-refractivity contribution is -0.121. The largest absolute Gasteiger partial charge is 0.352 e. The van der Waals surface area contributed by atoms with Crippen molar-refractivity contribution >= 4 is 50.9 Å². The third-order valence-electron chi connectivity index (χ3n) is 8.98. The van der Waals surface area contributed by atoms with Gasteiger partial charge < -0.3 is 10.2 Å². The number of halogens is 1. The van der Waals surface area contributed by atoms with Crippen LogP contribution in [0.1, 0.15) is 50.8 Å². The van der Waals surface area contributed by atoms with E-state index < -0.39 is 23.4 Å². The third-order valence-corrected chi connectivity index (χ3v) is 9.51. The van der Waals surface area contributed by atoms with Gasteiger partial charge in [0, 0.05) is 27.0 Å². The van der Waals surface area contributed by atoms with Crippen molar-refractivity contribution in [1.29, 1.82) is 0 Å². The molecule has 1 spiro atoms. The number of nitrogens with one attached hydrogen (secondary N) is 1. The number of aryl methyl sites for hydroxylation is 1. The second-order valence-electron chi connectivity index (χ2n) is 11.2. The SMILES string of the molecule is CCCc1ccc(C(=O)[C@H]2[C@H]3C=Cc4ccccc4N3[C@@H](C(=O)c3ccc(Br)cc3)[C@@]23C(=O)Nc2ccccc23)cc1. The number of amides is 1. The number of carbonyl (C=O) groups excluding carboxylic acids is 3. The van der Waals surface area contributed by atoms with Crippen molar-refractivity contribution in [1.82, 2.24) is 0 Å². The minimum absolute atomic E-state index is 0.143. The fourth-order valence-electron chi connectivity index (χ4n) is 7.21. The van der Waals surface area contributed by atoms with Crippen LogP contribution in [-0.2, 0) is 16.6 Å². The molecule has 5 nitrogen and oxygen atoms in total. The van der Waals surface area contributed by atoms with Crippen molar-refractivity contribution in [2.75, 3.05) is 10.2 Å². The van der Waals surface area contributed by atoms with Gasteiger partial charge in [0.15, 0.2) is 11.6 Å². The van der Waals surface area contributed by atoms with E-state index in [2.05, 4.69) is 28.2 Å². The number of fused-ring (bicyclic) bond motifs is 5. The number of Topliss-reactive ketones (excluding diaryl/α,β-unsaturated/α-hetero) is 2. The highest BCUT2D eigenvalue weighted by Crippen LogP contribution is 2.58. The molecular formula is C36H29BrN2O3. The molecule has 0 bridgehead atoms. The lowest BCUT2D eigenvalue weighted by atomic mass is 9.63. The predicted molar refractivity (Wildman–Crippen MR) is 169 cm³/mol. The van der Waals surface area contributed by atoms with Crippen molar-refractivity contribution in [3.8, 4) is 0 Å². The van der Waals surface area contributed by atoms with E-state index in [1.165, 1.54) is 0 Å². The van der Waals surface area contributed by atoms with Crippen LogP contribution in [0.25, 0.3) is 6.08 Å². The van der Waals surface area contributed by atoms with Gasteiger partial charge in [-0.25, -0.2) is 0 Å². The van der Waals surface area contributed by atoms with Crippen LogP contribution in [0.2, 0.25) is 0 Å². The van der Waals surface area contributed by atoms with Crippen molar-refractivity contribution < 1.29 is 14.4 Å². The maximum Gasteiger partial charge on any atom is 0.238 e. The second kappa shape index (κ2) is 10.2. The number of ketones is 2. The lowest BCUT2D eigenvalue weighted by Gasteiger charge is -2.37. The van der Waals surface area contributed by atoms with E-state index in [0.29, 0.717) is 22.4 Å². The summed E-state index contributed by atoms with van der Waals surface area (Å²) in [6, 6.07) is 28.9.